The Morgan fingerprint density at radius 1 is 1.23 bits per heavy atom. The SMILES string of the molecule is FC(F)(F)CC1CN(I)CCN1I. The molecule has 0 aromatic rings. The Kier molecular flexibility index (Phi) is 4.51. The van der Waals surface area contributed by atoms with Crippen LogP contribution in [-0.4, -0.2) is 38.1 Å². The number of piperazine rings is 1. The average Bonchev–Trinajstić information content (AvgIpc) is 1.94. The van der Waals surface area contributed by atoms with E-state index in [1.807, 2.05) is 26.0 Å². The van der Waals surface area contributed by atoms with Crippen molar-refractivity contribution < 1.29 is 13.2 Å². The monoisotopic (exact) mass is 420 g/mol. The van der Waals surface area contributed by atoms with E-state index in [0.717, 1.165) is 6.54 Å². The van der Waals surface area contributed by atoms with E-state index in [9.17, 15) is 13.2 Å². The molecule has 7 heteroatoms. The Hall–Kier alpha value is 1.17. The Morgan fingerprint density at radius 3 is 2.38 bits per heavy atom. The fourth-order valence-electron chi connectivity index (χ4n) is 1.23. The van der Waals surface area contributed by atoms with Crippen molar-refractivity contribution >= 4 is 45.7 Å². The van der Waals surface area contributed by atoms with E-state index in [4.69, 9.17) is 0 Å². The summed E-state index contributed by atoms with van der Waals surface area (Å²) >= 11 is 4.04. The third kappa shape index (κ3) is 4.47. The van der Waals surface area contributed by atoms with Gasteiger partial charge in [0.2, 0.25) is 0 Å². The first kappa shape index (κ1) is 12.2. The average molecular weight is 420 g/mol. The van der Waals surface area contributed by atoms with Crippen LogP contribution in [0.25, 0.3) is 0 Å². The molecular formula is C6H9F3I2N2. The third-order valence-corrected chi connectivity index (χ3v) is 3.97. The molecule has 0 saturated carbocycles. The molecule has 1 atom stereocenters. The normalized spacial score (nSPS) is 27.9. The maximum absolute atomic E-state index is 12.1. The lowest BCUT2D eigenvalue weighted by Crippen LogP contribution is -2.46. The molecule has 13 heavy (non-hydrogen) atoms. The first-order valence-corrected chi connectivity index (χ1v) is 5.71. The molecule has 1 heterocycles. The van der Waals surface area contributed by atoms with Gasteiger partial charge in [0.05, 0.1) is 6.42 Å². The molecule has 0 bridgehead atoms. The lowest BCUT2D eigenvalue weighted by Gasteiger charge is -2.35. The molecule has 1 unspecified atom stereocenters. The second-order valence-corrected chi connectivity index (χ2v) is 5.57. The van der Waals surface area contributed by atoms with E-state index in [1.165, 1.54) is 0 Å². The highest BCUT2D eigenvalue weighted by atomic mass is 127. The van der Waals surface area contributed by atoms with Gasteiger partial charge in [-0.15, -0.1) is 0 Å². The summed E-state index contributed by atoms with van der Waals surface area (Å²) in [6.45, 7) is 2.02. The van der Waals surface area contributed by atoms with Gasteiger partial charge in [0.25, 0.3) is 0 Å². The summed E-state index contributed by atoms with van der Waals surface area (Å²) in [4.78, 5) is 0. The van der Waals surface area contributed by atoms with E-state index in [1.54, 1.807) is 3.11 Å². The second kappa shape index (κ2) is 4.79. The maximum atomic E-state index is 12.1. The zero-order chi connectivity index (χ0) is 10.1. The minimum Gasteiger partial charge on any atom is -0.245 e. The minimum atomic E-state index is -4.05. The number of halogens is 5. The molecule has 78 valence electrons. The van der Waals surface area contributed by atoms with Crippen LogP contribution < -0.4 is 0 Å². The largest absolute Gasteiger partial charge is 0.390 e. The van der Waals surface area contributed by atoms with Crippen molar-refractivity contribution in [3.8, 4) is 0 Å². The van der Waals surface area contributed by atoms with Crippen LogP contribution in [0.15, 0.2) is 0 Å². The van der Waals surface area contributed by atoms with Gasteiger partial charge in [0, 0.05) is 71.4 Å². The standard InChI is InChI=1S/C6H9F3I2N2/c7-6(8,9)3-5-4-12(10)1-2-13(5)11/h5H,1-4H2. The number of alkyl halides is 3. The van der Waals surface area contributed by atoms with Crippen molar-refractivity contribution in [2.24, 2.45) is 0 Å². The van der Waals surface area contributed by atoms with Crippen LogP contribution in [0, 0.1) is 0 Å². The van der Waals surface area contributed by atoms with Crippen molar-refractivity contribution in [2.45, 2.75) is 18.6 Å². The Balaban J connectivity index is 2.47. The summed E-state index contributed by atoms with van der Waals surface area (Å²) in [7, 11) is 0. The van der Waals surface area contributed by atoms with E-state index in [2.05, 4.69) is 22.9 Å². The van der Waals surface area contributed by atoms with Crippen LogP contribution in [0.4, 0.5) is 13.2 Å². The van der Waals surface area contributed by atoms with E-state index in [-0.39, 0.29) is 0 Å². The summed E-state index contributed by atoms with van der Waals surface area (Å²) in [5.41, 5.74) is 0. The van der Waals surface area contributed by atoms with E-state index in [0.29, 0.717) is 13.1 Å². The lowest BCUT2D eigenvalue weighted by molar-refractivity contribution is -0.144. The van der Waals surface area contributed by atoms with Crippen LogP contribution in [0.1, 0.15) is 6.42 Å². The fourth-order valence-corrected chi connectivity index (χ4v) is 2.49. The molecule has 1 aliphatic rings. The number of nitrogens with zero attached hydrogens (tertiary/aromatic N) is 2. The van der Waals surface area contributed by atoms with Crippen LogP contribution in [-0.2, 0) is 0 Å². The minimum absolute atomic E-state index is 0.397. The summed E-state index contributed by atoms with van der Waals surface area (Å²) < 4.78 is 39.9. The highest BCUT2D eigenvalue weighted by Gasteiger charge is 2.36. The molecule has 2 nitrogen and oxygen atoms in total. The van der Waals surface area contributed by atoms with Gasteiger partial charge in [0.15, 0.2) is 0 Å². The van der Waals surface area contributed by atoms with Crippen LogP contribution in [0.2, 0.25) is 0 Å². The summed E-state index contributed by atoms with van der Waals surface area (Å²) in [5.74, 6) is 0. The molecule has 0 aliphatic carbocycles. The zero-order valence-electron chi connectivity index (χ0n) is 6.69. The lowest BCUT2D eigenvalue weighted by atomic mass is 10.1. The Morgan fingerprint density at radius 2 is 1.85 bits per heavy atom. The molecule has 0 aromatic heterocycles. The molecule has 0 radical (unpaired) electrons. The molecule has 0 N–H and O–H groups in total. The molecule has 1 rings (SSSR count). The fraction of sp³-hybridized carbons (Fsp3) is 1.00. The number of hydrogen-bond donors (Lipinski definition) is 0. The van der Waals surface area contributed by atoms with Gasteiger partial charge in [-0.1, -0.05) is 0 Å². The van der Waals surface area contributed by atoms with E-state index < -0.39 is 18.6 Å². The van der Waals surface area contributed by atoms with Crippen LogP contribution >= 0.6 is 45.7 Å². The van der Waals surface area contributed by atoms with Crippen LogP contribution in [0.3, 0.4) is 0 Å². The van der Waals surface area contributed by atoms with Crippen molar-refractivity contribution in [3.05, 3.63) is 0 Å². The third-order valence-electron chi connectivity index (χ3n) is 1.83. The molecule has 0 amide bonds. The smallest absolute Gasteiger partial charge is 0.245 e. The highest BCUT2D eigenvalue weighted by Crippen LogP contribution is 2.28. The van der Waals surface area contributed by atoms with Gasteiger partial charge in [0.1, 0.15) is 0 Å². The predicted molar refractivity (Wildman–Crippen MR) is 60.8 cm³/mol. The molecular weight excluding hydrogens is 411 g/mol. The molecule has 1 fully saturated rings. The molecule has 0 aromatic carbocycles. The van der Waals surface area contributed by atoms with Crippen molar-refractivity contribution in [3.63, 3.8) is 0 Å². The van der Waals surface area contributed by atoms with Gasteiger partial charge in [-0.2, -0.15) is 13.2 Å². The summed E-state index contributed by atoms with van der Waals surface area (Å²) in [5, 5.41) is 0. The molecule has 0 spiro atoms. The zero-order valence-corrected chi connectivity index (χ0v) is 11.0. The molecule has 1 aliphatic heterocycles. The van der Waals surface area contributed by atoms with Crippen molar-refractivity contribution in [1.29, 1.82) is 0 Å². The summed E-state index contributed by atoms with van der Waals surface area (Å²) in [6, 6.07) is -0.397. The van der Waals surface area contributed by atoms with Gasteiger partial charge in [-0.05, 0) is 0 Å². The maximum Gasteiger partial charge on any atom is 0.390 e. The number of rotatable bonds is 1. The van der Waals surface area contributed by atoms with Crippen LogP contribution in [0.5, 0.6) is 0 Å². The molecule has 1 saturated heterocycles. The highest BCUT2D eigenvalue weighted by molar-refractivity contribution is 14.1. The van der Waals surface area contributed by atoms with Crippen molar-refractivity contribution in [1.82, 2.24) is 6.23 Å². The predicted octanol–water partition coefficient (Wildman–Crippen LogP) is 2.63. The quantitative estimate of drug-likeness (QED) is 0.476. The van der Waals surface area contributed by atoms with Gasteiger partial charge in [-0.3, -0.25) is 0 Å². The topological polar surface area (TPSA) is 6.48 Å². The summed E-state index contributed by atoms with van der Waals surface area (Å²) in [6.07, 6.45) is -4.77. The van der Waals surface area contributed by atoms with Gasteiger partial charge >= 0.3 is 6.18 Å². The Labute approximate surface area is 103 Å². The second-order valence-electron chi connectivity index (χ2n) is 2.97. The first-order valence-electron chi connectivity index (χ1n) is 3.78. The van der Waals surface area contributed by atoms with E-state index >= 15 is 0 Å². The Bertz CT molecular complexity index is 176. The van der Waals surface area contributed by atoms with Gasteiger partial charge in [-0.25, -0.2) is 6.23 Å². The van der Waals surface area contributed by atoms with Crippen molar-refractivity contribution in [2.75, 3.05) is 19.6 Å². The number of hydrogen-bond acceptors (Lipinski definition) is 2. The first-order chi connectivity index (χ1) is 5.88. The van der Waals surface area contributed by atoms with Gasteiger partial charge < -0.3 is 0 Å².